The maximum absolute atomic E-state index is 13.0. The van der Waals surface area contributed by atoms with E-state index in [4.69, 9.17) is 13.9 Å². The van der Waals surface area contributed by atoms with E-state index in [1.54, 1.807) is 18.2 Å². The maximum Gasteiger partial charge on any atom is 0.342 e. The van der Waals surface area contributed by atoms with Crippen LogP contribution in [0.4, 0.5) is 5.88 Å². The molecule has 0 unspecified atom stereocenters. The summed E-state index contributed by atoms with van der Waals surface area (Å²) in [5, 5.41) is 11.9. The van der Waals surface area contributed by atoms with Crippen LogP contribution in [0.25, 0.3) is 0 Å². The number of nitrogens with zero attached hydrogens (tertiary/aromatic N) is 2. The molecule has 2 aliphatic heterocycles. The van der Waals surface area contributed by atoms with Gasteiger partial charge in [0.25, 0.3) is 17.7 Å². The molecule has 1 N–H and O–H groups in total. The van der Waals surface area contributed by atoms with E-state index in [2.05, 4.69) is 10.1 Å². The van der Waals surface area contributed by atoms with Crippen LogP contribution in [0.5, 0.6) is 11.5 Å². The zero-order valence-corrected chi connectivity index (χ0v) is 19.0. The number of nitriles is 1. The van der Waals surface area contributed by atoms with Gasteiger partial charge in [0.2, 0.25) is 12.7 Å². The summed E-state index contributed by atoms with van der Waals surface area (Å²) in [6, 6.07) is 11.0. The van der Waals surface area contributed by atoms with Gasteiger partial charge in [-0.25, -0.2) is 4.79 Å². The van der Waals surface area contributed by atoms with E-state index in [1.807, 2.05) is 6.07 Å². The number of carbonyl (C=O) groups is 4. The molecule has 1 aromatic heterocycles. The van der Waals surface area contributed by atoms with Gasteiger partial charge in [0.05, 0.1) is 24.8 Å². The summed E-state index contributed by atoms with van der Waals surface area (Å²) in [7, 11) is 1.16. The average molecular weight is 487 g/mol. The molecule has 0 fully saturated rings. The highest BCUT2D eigenvalue weighted by molar-refractivity contribution is 6.22. The van der Waals surface area contributed by atoms with Gasteiger partial charge in [-0.05, 0) is 42.8 Å². The first kappa shape index (κ1) is 22.7. The minimum Gasteiger partial charge on any atom is -0.465 e. The number of amides is 3. The number of benzene rings is 2. The second-order valence-corrected chi connectivity index (χ2v) is 7.94. The number of furan rings is 1. The summed E-state index contributed by atoms with van der Waals surface area (Å²) in [6.45, 7) is 1.57. The van der Waals surface area contributed by atoms with Gasteiger partial charge in [-0.1, -0.05) is 6.07 Å². The van der Waals surface area contributed by atoms with Crippen LogP contribution in [-0.2, 0) is 11.3 Å². The Morgan fingerprint density at radius 2 is 1.83 bits per heavy atom. The van der Waals surface area contributed by atoms with Gasteiger partial charge in [-0.15, -0.1) is 0 Å². The van der Waals surface area contributed by atoms with Crippen LogP contribution < -0.4 is 14.8 Å². The number of carbonyl (C=O) groups excluding carboxylic acids is 4. The van der Waals surface area contributed by atoms with Gasteiger partial charge < -0.3 is 18.6 Å². The lowest BCUT2D eigenvalue weighted by Gasteiger charge is -2.14. The Kier molecular flexibility index (Phi) is 5.41. The van der Waals surface area contributed by atoms with Crippen molar-refractivity contribution in [2.45, 2.75) is 13.5 Å². The van der Waals surface area contributed by atoms with E-state index in [0.29, 0.717) is 17.1 Å². The number of imide groups is 1. The maximum atomic E-state index is 13.0. The zero-order chi connectivity index (χ0) is 25.6. The van der Waals surface area contributed by atoms with Gasteiger partial charge in [-0.3, -0.25) is 24.6 Å². The van der Waals surface area contributed by atoms with Gasteiger partial charge in [-0.2, -0.15) is 5.26 Å². The Bertz CT molecular complexity index is 1510. The number of hydrogen-bond acceptors (Lipinski definition) is 9. The lowest BCUT2D eigenvalue weighted by Crippen LogP contribution is -2.29. The van der Waals surface area contributed by atoms with E-state index in [1.165, 1.54) is 25.1 Å². The number of ether oxygens (including phenoxy) is 3. The molecule has 2 aliphatic rings. The van der Waals surface area contributed by atoms with Crippen molar-refractivity contribution in [2.24, 2.45) is 0 Å². The van der Waals surface area contributed by atoms with Crippen molar-refractivity contribution in [3.63, 3.8) is 0 Å². The number of fused-ring (bicyclic) bond motifs is 2. The van der Waals surface area contributed by atoms with Crippen molar-refractivity contribution in [1.29, 1.82) is 5.26 Å². The molecular formula is C25H17N3O8. The Morgan fingerprint density at radius 3 is 2.58 bits per heavy atom. The number of rotatable bonds is 5. The molecule has 3 heterocycles. The van der Waals surface area contributed by atoms with Gasteiger partial charge in [0, 0.05) is 5.56 Å². The van der Waals surface area contributed by atoms with Gasteiger partial charge in [0.1, 0.15) is 23.0 Å². The third-order valence-corrected chi connectivity index (χ3v) is 5.82. The van der Waals surface area contributed by atoms with E-state index < -0.39 is 23.7 Å². The van der Waals surface area contributed by atoms with Crippen LogP contribution in [0.3, 0.4) is 0 Å². The molecule has 3 amide bonds. The molecule has 3 aromatic rings. The molecule has 0 saturated carbocycles. The fraction of sp³-hybridized carbons (Fsp3) is 0.160. The van der Waals surface area contributed by atoms with E-state index in [9.17, 15) is 24.4 Å². The third kappa shape index (κ3) is 3.61. The van der Waals surface area contributed by atoms with Crippen LogP contribution in [0, 0.1) is 18.3 Å². The predicted octanol–water partition coefficient (Wildman–Crippen LogP) is 3.02. The highest BCUT2D eigenvalue weighted by Gasteiger charge is 2.36. The van der Waals surface area contributed by atoms with Crippen LogP contribution in [0.15, 0.2) is 40.8 Å². The van der Waals surface area contributed by atoms with E-state index in [-0.39, 0.29) is 52.8 Å². The monoisotopic (exact) mass is 487 g/mol. The molecule has 11 heteroatoms. The second-order valence-electron chi connectivity index (χ2n) is 7.94. The largest absolute Gasteiger partial charge is 0.465 e. The molecule has 0 bridgehead atoms. The van der Waals surface area contributed by atoms with E-state index in [0.717, 1.165) is 12.0 Å². The Balaban J connectivity index is 1.38. The molecule has 0 radical (unpaired) electrons. The molecule has 0 atom stereocenters. The molecule has 2 aromatic carbocycles. The number of methoxy groups -OCH3 is 1. The minimum atomic E-state index is -0.780. The first-order valence-electron chi connectivity index (χ1n) is 10.6. The van der Waals surface area contributed by atoms with Gasteiger partial charge >= 0.3 is 5.97 Å². The molecule has 11 nitrogen and oxygen atoms in total. The van der Waals surface area contributed by atoms with Crippen LogP contribution >= 0.6 is 0 Å². The number of hydrogen-bond donors (Lipinski definition) is 1. The SMILES string of the molecule is COC(=O)c1c(C)oc(NC(=O)c2ccc3c(c2)C(=O)N(Cc2ccc4c(c2)OCO4)C3=O)c1C#N. The second kappa shape index (κ2) is 8.59. The van der Waals surface area contributed by atoms with Crippen LogP contribution in [0.2, 0.25) is 0 Å². The number of esters is 1. The Morgan fingerprint density at radius 1 is 1.08 bits per heavy atom. The van der Waals surface area contributed by atoms with E-state index >= 15 is 0 Å². The first-order chi connectivity index (χ1) is 17.3. The van der Waals surface area contributed by atoms with Crippen LogP contribution in [-0.4, -0.2) is 42.5 Å². The molecule has 0 saturated heterocycles. The zero-order valence-electron chi connectivity index (χ0n) is 19.0. The van der Waals surface area contributed by atoms with Gasteiger partial charge in [0.15, 0.2) is 11.5 Å². The topological polar surface area (TPSA) is 148 Å². The molecule has 36 heavy (non-hydrogen) atoms. The molecular weight excluding hydrogens is 470 g/mol. The molecule has 180 valence electrons. The third-order valence-electron chi connectivity index (χ3n) is 5.82. The molecule has 0 spiro atoms. The first-order valence-corrected chi connectivity index (χ1v) is 10.6. The van der Waals surface area contributed by atoms with Crippen molar-refractivity contribution >= 4 is 29.6 Å². The molecule has 0 aliphatic carbocycles. The summed E-state index contributed by atoms with van der Waals surface area (Å²) < 4.78 is 20.7. The van der Waals surface area contributed by atoms with Crippen molar-refractivity contribution in [3.05, 3.63) is 75.5 Å². The lowest BCUT2D eigenvalue weighted by atomic mass is 10.1. The summed E-state index contributed by atoms with van der Waals surface area (Å²) >= 11 is 0. The van der Waals surface area contributed by atoms with Crippen molar-refractivity contribution < 1.29 is 37.8 Å². The normalized spacial score (nSPS) is 13.4. The van der Waals surface area contributed by atoms with Crippen molar-refractivity contribution in [2.75, 3.05) is 19.2 Å². The smallest absolute Gasteiger partial charge is 0.342 e. The average Bonchev–Trinajstić information content (AvgIpc) is 3.54. The summed E-state index contributed by atoms with van der Waals surface area (Å²) in [5.74, 6) is -1.54. The summed E-state index contributed by atoms with van der Waals surface area (Å²) in [5.41, 5.74) is 0.679. The standard InChI is InChI=1S/C25H17N3O8/c1-12-20(25(32)33-2)17(9-26)22(36-12)27-21(29)14-4-5-15-16(8-14)24(31)28(23(15)30)10-13-3-6-18-19(7-13)35-11-34-18/h3-8H,10-11H2,1-2H3,(H,27,29). The number of aryl methyl sites for hydroxylation is 1. The number of anilines is 1. The Hall–Kier alpha value is -5.11. The van der Waals surface area contributed by atoms with Crippen molar-refractivity contribution in [1.82, 2.24) is 4.90 Å². The predicted molar refractivity (Wildman–Crippen MR) is 121 cm³/mol. The van der Waals surface area contributed by atoms with Crippen LogP contribution in [0.1, 0.15) is 58.3 Å². The summed E-state index contributed by atoms with van der Waals surface area (Å²) in [6.07, 6.45) is 0. The fourth-order valence-corrected chi connectivity index (χ4v) is 4.06. The lowest BCUT2D eigenvalue weighted by molar-refractivity contribution is 0.0595. The number of nitrogens with one attached hydrogen (secondary N) is 1. The summed E-state index contributed by atoms with van der Waals surface area (Å²) in [4.78, 5) is 51.8. The fourth-order valence-electron chi connectivity index (χ4n) is 4.06. The minimum absolute atomic E-state index is 0.0119. The molecule has 5 rings (SSSR count). The quantitative estimate of drug-likeness (QED) is 0.423. The Labute approximate surface area is 203 Å². The highest BCUT2D eigenvalue weighted by atomic mass is 16.7. The highest BCUT2D eigenvalue weighted by Crippen LogP contribution is 2.34. The van der Waals surface area contributed by atoms with Crippen molar-refractivity contribution in [3.8, 4) is 17.6 Å².